The number of methoxy groups -OCH3 is 2. The van der Waals surface area contributed by atoms with E-state index in [-0.39, 0.29) is 5.69 Å². The number of imidazole rings is 1. The van der Waals surface area contributed by atoms with Gasteiger partial charge in [0.1, 0.15) is 0 Å². The van der Waals surface area contributed by atoms with Gasteiger partial charge in [-0.25, -0.2) is 9.89 Å². The first-order valence-corrected chi connectivity index (χ1v) is 12.8. The minimum Gasteiger partial charge on any atom is -0.350 e. The first-order chi connectivity index (χ1) is 18.0. The Bertz CT molecular complexity index is 1340. The Morgan fingerprint density at radius 1 is 0.973 bits per heavy atom. The Kier molecular flexibility index (Phi) is 8.68. The zero-order chi connectivity index (χ0) is 26.4. The number of aromatic nitrogens is 6. The third kappa shape index (κ3) is 5.73. The number of tetrazole rings is 1. The third-order valence-electron chi connectivity index (χ3n) is 6.47. The molecule has 196 valence electrons. The highest BCUT2D eigenvalue weighted by atomic mass is 16.7. The number of nitrogens with zero attached hydrogens (tertiary/aromatic N) is 5. The van der Waals surface area contributed by atoms with Gasteiger partial charge in [-0.15, -0.1) is 5.10 Å². The van der Waals surface area contributed by atoms with Crippen molar-refractivity contribution in [3.05, 3.63) is 76.0 Å². The predicted molar refractivity (Wildman–Crippen MR) is 143 cm³/mol. The van der Waals surface area contributed by atoms with Crippen LogP contribution in [-0.2, 0) is 29.0 Å². The summed E-state index contributed by atoms with van der Waals surface area (Å²) in [4.78, 5) is 13.7. The van der Waals surface area contributed by atoms with Gasteiger partial charge in [-0.1, -0.05) is 75.7 Å². The van der Waals surface area contributed by atoms with Gasteiger partial charge in [0.05, 0.1) is 12.2 Å². The highest BCUT2D eigenvalue weighted by Crippen LogP contribution is 2.30. The number of aromatic amines is 1. The molecule has 1 N–H and O–H groups in total. The van der Waals surface area contributed by atoms with Crippen LogP contribution in [0.15, 0.2) is 53.3 Å². The van der Waals surface area contributed by atoms with Crippen molar-refractivity contribution in [1.82, 2.24) is 29.8 Å². The average molecular weight is 505 g/mol. The van der Waals surface area contributed by atoms with Crippen molar-refractivity contribution in [1.29, 1.82) is 0 Å². The first-order valence-electron chi connectivity index (χ1n) is 12.8. The van der Waals surface area contributed by atoms with Gasteiger partial charge in [-0.3, -0.25) is 9.13 Å². The molecule has 2 aromatic heterocycles. The van der Waals surface area contributed by atoms with E-state index in [9.17, 15) is 4.79 Å². The number of nitrogens with one attached hydrogen (secondary N) is 1. The molecule has 0 fully saturated rings. The van der Waals surface area contributed by atoms with Crippen LogP contribution < -0.4 is 5.69 Å². The predicted octanol–water partition coefficient (Wildman–Crippen LogP) is 4.84. The summed E-state index contributed by atoms with van der Waals surface area (Å²) in [7, 11) is 3.23. The van der Waals surface area contributed by atoms with E-state index >= 15 is 0 Å². The number of ether oxygens (including phenoxy) is 2. The Morgan fingerprint density at radius 2 is 1.68 bits per heavy atom. The largest absolute Gasteiger partial charge is 0.350 e. The number of hydrogen-bond donors (Lipinski definition) is 1. The maximum atomic E-state index is 13.7. The van der Waals surface area contributed by atoms with Gasteiger partial charge >= 0.3 is 5.69 Å². The molecule has 2 heterocycles. The molecule has 0 atom stereocenters. The summed E-state index contributed by atoms with van der Waals surface area (Å²) in [6, 6.07) is 16.3. The van der Waals surface area contributed by atoms with E-state index in [4.69, 9.17) is 9.47 Å². The standard InChI is InChI=1S/C28H36N6O3/c1-6-7-12-24-25(27(36-4)37-5)34(17-19(2)3)28(35)33(24)18-20-13-15-21(16-14-20)22-10-8-9-11-23(22)26-29-31-32-30-26/h8-11,13-16,19,27H,6-7,12,17-18H2,1-5H3,(H,29,30,31,32). The van der Waals surface area contributed by atoms with E-state index in [1.165, 1.54) is 0 Å². The second-order valence-corrected chi connectivity index (χ2v) is 9.60. The van der Waals surface area contributed by atoms with E-state index in [0.717, 1.165) is 52.9 Å². The van der Waals surface area contributed by atoms with Gasteiger partial charge < -0.3 is 9.47 Å². The fourth-order valence-electron chi connectivity index (χ4n) is 4.74. The lowest BCUT2D eigenvalue weighted by Gasteiger charge is -2.19. The minimum atomic E-state index is -0.594. The average Bonchev–Trinajstić information content (AvgIpc) is 3.53. The van der Waals surface area contributed by atoms with Crippen LogP contribution in [0.4, 0.5) is 0 Å². The molecule has 9 nitrogen and oxygen atoms in total. The Morgan fingerprint density at radius 3 is 2.27 bits per heavy atom. The lowest BCUT2D eigenvalue weighted by Crippen LogP contribution is -2.28. The summed E-state index contributed by atoms with van der Waals surface area (Å²) in [5, 5.41) is 14.3. The summed E-state index contributed by atoms with van der Waals surface area (Å²) >= 11 is 0. The molecule has 0 saturated heterocycles. The van der Waals surface area contributed by atoms with Gasteiger partial charge in [0.25, 0.3) is 0 Å². The van der Waals surface area contributed by atoms with Gasteiger partial charge in [-0.2, -0.15) is 0 Å². The third-order valence-corrected chi connectivity index (χ3v) is 6.47. The summed E-state index contributed by atoms with van der Waals surface area (Å²) in [6.07, 6.45) is 2.20. The number of unbranched alkanes of at least 4 members (excludes halogenated alkanes) is 1. The SMILES string of the molecule is CCCCc1c(C(OC)OC)n(CC(C)C)c(=O)n1Cc1ccc(-c2ccccc2-c2nnn[nH]2)cc1. The van der Waals surface area contributed by atoms with Gasteiger partial charge in [0.2, 0.25) is 0 Å². The number of hydrogen-bond acceptors (Lipinski definition) is 6. The second-order valence-electron chi connectivity index (χ2n) is 9.60. The zero-order valence-electron chi connectivity index (χ0n) is 22.3. The van der Waals surface area contributed by atoms with Gasteiger partial charge in [0, 0.05) is 32.0 Å². The van der Waals surface area contributed by atoms with Crippen molar-refractivity contribution in [2.45, 2.75) is 59.4 Å². The molecule has 0 radical (unpaired) electrons. The topological polar surface area (TPSA) is 99.8 Å². The summed E-state index contributed by atoms with van der Waals surface area (Å²) in [5.74, 6) is 0.927. The molecule has 0 aliphatic rings. The normalized spacial score (nSPS) is 11.6. The van der Waals surface area contributed by atoms with E-state index in [1.54, 1.807) is 14.2 Å². The van der Waals surface area contributed by atoms with E-state index < -0.39 is 6.29 Å². The van der Waals surface area contributed by atoms with Crippen LogP contribution in [0.5, 0.6) is 0 Å². The lowest BCUT2D eigenvalue weighted by atomic mass is 9.98. The molecule has 0 spiro atoms. The molecule has 0 amide bonds. The maximum absolute atomic E-state index is 13.7. The molecular formula is C28H36N6O3. The second kappa shape index (κ2) is 12.1. The van der Waals surface area contributed by atoms with Gasteiger partial charge in [-0.05, 0) is 45.9 Å². The van der Waals surface area contributed by atoms with Crippen LogP contribution in [0.1, 0.15) is 56.9 Å². The molecule has 0 saturated carbocycles. The Balaban J connectivity index is 1.72. The van der Waals surface area contributed by atoms with Crippen molar-refractivity contribution in [2.24, 2.45) is 5.92 Å². The Labute approximate surface area is 217 Å². The monoisotopic (exact) mass is 504 g/mol. The van der Waals surface area contributed by atoms with Crippen LogP contribution in [0.3, 0.4) is 0 Å². The van der Waals surface area contributed by atoms with Gasteiger partial charge in [0.15, 0.2) is 12.1 Å². The highest BCUT2D eigenvalue weighted by molar-refractivity contribution is 5.80. The number of benzene rings is 2. The molecule has 9 heteroatoms. The molecule has 0 aliphatic carbocycles. The van der Waals surface area contributed by atoms with Crippen molar-refractivity contribution in [2.75, 3.05) is 14.2 Å². The quantitative estimate of drug-likeness (QED) is 0.277. The van der Waals surface area contributed by atoms with Crippen LogP contribution in [0, 0.1) is 5.92 Å². The number of rotatable bonds is 12. The molecule has 0 aliphatic heterocycles. The highest BCUT2D eigenvalue weighted by Gasteiger charge is 2.26. The van der Waals surface area contributed by atoms with Crippen LogP contribution in [0.25, 0.3) is 22.5 Å². The maximum Gasteiger partial charge on any atom is 0.329 e. The molecule has 4 aromatic rings. The van der Waals surface area contributed by atoms with E-state index in [1.807, 2.05) is 33.4 Å². The lowest BCUT2D eigenvalue weighted by molar-refractivity contribution is -0.111. The van der Waals surface area contributed by atoms with Crippen molar-refractivity contribution in [3.63, 3.8) is 0 Å². The zero-order valence-corrected chi connectivity index (χ0v) is 22.3. The summed E-state index contributed by atoms with van der Waals surface area (Å²) in [5.41, 5.74) is 5.83. The minimum absolute atomic E-state index is 0.0267. The van der Waals surface area contributed by atoms with Crippen LogP contribution >= 0.6 is 0 Å². The molecule has 37 heavy (non-hydrogen) atoms. The van der Waals surface area contributed by atoms with Crippen LogP contribution in [0.2, 0.25) is 0 Å². The number of H-pyrrole nitrogens is 1. The summed E-state index contributed by atoms with van der Waals surface area (Å²) in [6.45, 7) is 7.46. The van der Waals surface area contributed by atoms with Crippen molar-refractivity contribution < 1.29 is 9.47 Å². The summed E-state index contributed by atoms with van der Waals surface area (Å²) < 4.78 is 15.0. The van der Waals surface area contributed by atoms with Crippen LogP contribution in [-0.4, -0.2) is 44.0 Å². The van der Waals surface area contributed by atoms with E-state index in [2.05, 4.69) is 65.7 Å². The fourth-order valence-corrected chi connectivity index (χ4v) is 4.74. The first kappa shape index (κ1) is 26.5. The smallest absolute Gasteiger partial charge is 0.329 e. The molecule has 4 rings (SSSR count). The molecule has 0 unspecified atom stereocenters. The molecule has 2 aromatic carbocycles. The molecular weight excluding hydrogens is 468 g/mol. The molecule has 0 bridgehead atoms. The van der Waals surface area contributed by atoms with Crippen molar-refractivity contribution in [3.8, 4) is 22.5 Å². The Hall–Kier alpha value is -3.56. The fraction of sp³-hybridized carbons (Fsp3) is 0.429. The van der Waals surface area contributed by atoms with Crippen molar-refractivity contribution >= 4 is 0 Å². The van der Waals surface area contributed by atoms with E-state index in [0.29, 0.717) is 24.8 Å².